The zero-order valence-corrected chi connectivity index (χ0v) is 13.7. The summed E-state index contributed by atoms with van der Waals surface area (Å²) in [7, 11) is 0. The Hall–Kier alpha value is -1.59. The summed E-state index contributed by atoms with van der Waals surface area (Å²) in [4.78, 5) is 27.5. The topological polar surface area (TPSA) is 49.9 Å². The summed E-state index contributed by atoms with van der Waals surface area (Å²) in [6, 6.07) is 5.39. The third-order valence-corrected chi connectivity index (χ3v) is 3.98. The van der Waals surface area contributed by atoms with Gasteiger partial charge in [-0.2, -0.15) is 0 Å². The van der Waals surface area contributed by atoms with Crippen molar-refractivity contribution >= 4 is 29.1 Å². The molecule has 22 heavy (non-hydrogen) atoms. The van der Waals surface area contributed by atoms with Gasteiger partial charge in [0.05, 0.1) is 13.2 Å². The van der Waals surface area contributed by atoms with E-state index in [2.05, 4.69) is 0 Å². The van der Waals surface area contributed by atoms with Gasteiger partial charge in [0.1, 0.15) is 0 Å². The molecule has 1 aliphatic heterocycles. The first kappa shape index (κ1) is 16.8. The van der Waals surface area contributed by atoms with E-state index in [1.54, 1.807) is 15.9 Å². The fourth-order valence-corrected chi connectivity index (χ4v) is 2.77. The number of morpholine rings is 1. The molecule has 1 aliphatic rings. The van der Waals surface area contributed by atoms with Crippen molar-refractivity contribution in [1.82, 2.24) is 4.90 Å². The van der Waals surface area contributed by atoms with Gasteiger partial charge in [-0.15, -0.1) is 0 Å². The maximum atomic E-state index is 12.2. The molecule has 0 N–H and O–H groups in total. The summed E-state index contributed by atoms with van der Waals surface area (Å²) < 4.78 is 5.24. The van der Waals surface area contributed by atoms with E-state index in [4.69, 9.17) is 16.3 Å². The van der Waals surface area contributed by atoms with Crippen molar-refractivity contribution in [3.8, 4) is 0 Å². The second-order valence-corrected chi connectivity index (χ2v) is 5.78. The highest BCUT2D eigenvalue weighted by Crippen LogP contribution is 2.24. The highest BCUT2D eigenvalue weighted by Gasteiger charge is 2.20. The minimum atomic E-state index is -0.0831. The van der Waals surface area contributed by atoms with Gasteiger partial charge in [-0.1, -0.05) is 11.6 Å². The van der Waals surface area contributed by atoms with Crippen molar-refractivity contribution in [2.45, 2.75) is 20.3 Å². The Morgan fingerprint density at radius 2 is 2.00 bits per heavy atom. The lowest BCUT2D eigenvalue weighted by Gasteiger charge is -2.28. The molecule has 5 nitrogen and oxygen atoms in total. The average Bonchev–Trinajstić information content (AvgIpc) is 2.49. The van der Waals surface area contributed by atoms with Crippen LogP contribution < -0.4 is 4.90 Å². The van der Waals surface area contributed by atoms with Gasteiger partial charge in [-0.05, 0) is 30.7 Å². The monoisotopic (exact) mass is 324 g/mol. The molecule has 0 bridgehead atoms. The van der Waals surface area contributed by atoms with E-state index in [0.717, 1.165) is 11.3 Å². The fourth-order valence-electron chi connectivity index (χ4n) is 2.55. The van der Waals surface area contributed by atoms with Crippen molar-refractivity contribution in [3.63, 3.8) is 0 Å². The van der Waals surface area contributed by atoms with E-state index in [9.17, 15) is 9.59 Å². The molecule has 0 unspecified atom stereocenters. The van der Waals surface area contributed by atoms with E-state index >= 15 is 0 Å². The number of anilines is 1. The highest BCUT2D eigenvalue weighted by atomic mass is 35.5. The molecule has 2 amide bonds. The van der Waals surface area contributed by atoms with Crippen molar-refractivity contribution in [2.75, 3.05) is 37.7 Å². The van der Waals surface area contributed by atoms with Gasteiger partial charge in [-0.3, -0.25) is 9.59 Å². The molecule has 1 heterocycles. The second-order valence-electron chi connectivity index (χ2n) is 5.34. The second kappa shape index (κ2) is 7.61. The van der Waals surface area contributed by atoms with Crippen LogP contribution in [0.2, 0.25) is 5.02 Å². The molecule has 6 heteroatoms. The van der Waals surface area contributed by atoms with Crippen LogP contribution in [0.25, 0.3) is 0 Å². The zero-order valence-electron chi connectivity index (χ0n) is 13.0. The Kier molecular flexibility index (Phi) is 5.80. The third-order valence-electron chi connectivity index (χ3n) is 3.74. The minimum Gasteiger partial charge on any atom is -0.378 e. The number of ether oxygens (including phenoxy) is 1. The van der Waals surface area contributed by atoms with Gasteiger partial charge < -0.3 is 14.5 Å². The quantitative estimate of drug-likeness (QED) is 0.853. The van der Waals surface area contributed by atoms with Crippen LogP contribution >= 0.6 is 11.6 Å². The van der Waals surface area contributed by atoms with Gasteiger partial charge >= 0.3 is 0 Å². The summed E-state index contributed by atoms with van der Waals surface area (Å²) in [6.07, 6.45) is 0.307. The molecule has 2 rings (SSSR count). The Morgan fingerprint density at radius 3 is 2.59 bits per heavy atom. The van der Waals surface area contributed by atoms with Gasteiger partial charge in [-0.25, -0.2) is 0 Å². The molecule has 0 saturated carbocycles. The van der Waals surface area contributed by atoms with Gasteiger partial charge in [0, 0.05) is 43.7 Å². The van der Waals surface area contributed by atoms with Crippen molar-refractivity contribution in [1.29, 1.82) is 0 Å². The van der Waals surface area contributed by atoms with Gasteiger partial charge in [0.25, 0.3) is 0 Å². The number of hydrogen-bond donors (Lipinski definition) is 0. The molecular weight excluding hydrogens is 304 g/mol. The molecule has 120 valence electrons. The van der Waals surface area contributed by atoms with E-state index in [1.807, 2.05) is 19.1 Å². The maximum Gasteiger partial charge on any atom is 0.224 e. The minimum absolute atomic E-state index is 0.0566. The van der Waals surface area contributed by atoms with Crippen LogP contribution in [0.1, 0.15) is 18.9 Å². The predicted molar refractivity (Wildman–Crippen MR) is 86.2 cm³/mol. The standard InChI is InChI=1S/C16H21ClN2O3/c1-12-11-14(17)3-4-15(12)19(13(2)20)6-5-16(21)18-7-9-22-10-8-18/h3-4,11H,5-10H2,1-2H3. The van der Waals surface area contributed by atoms with E-state index in [-0.39, 0.29) is 11.8 Å². The largest absolute Gasteiger partial charge is 0.378 e. The molecule has 0 radical (unpaired) electrons. The fraction of sp³-hybridized carbons (Fsp3) is 0.500. The predicted octanol–water partition coefficient (Wildman–Crippen LogP) is 2.25. The number of halogens is 1. The van der Waals surface area contributed by atoms with Crippen LogP contribution in [-0.2, 0) is 14.3 Å². The van der Waals surface area contributed by atoms with E-state index in [0.29, 0.717) is 44.3 Å². The molecule has 0 atom stereocenters. The molecule has 0 aromatic heterocycles. The van der Waals surface area contributed by atoms with Gasteiger partial charge in [0.2, 0.25) is 11.8 Å². The number of benzene rings is 1. The first-order valence-corrected chi connectivity index (χ1v) is 7.76. The molecule has 1 saturated heterocycles. The molecule has 0 aliphatic carbocycles. The smallest absolute Gasteiger partial charge is 0.224 e. The molecule has 1 aromatic rings. The SMILES string of the molecule is CC(=O)N(CCC(=O)N1CCOCC1)c1ccc(Cl)cc1C. The summed E-state index contributed by atoms with van der Waals surface area (Å²) in [5, 5.41) is 0.633. The van der Waals surface area contributed by atoms with Crippen LogP contribution in [0.15, 0.2) is 18.2 Å². The Bertz CT molecular complexity index is 556. The average molecular weight is 325 g/mol. The summed E-state index contributed by atoms with van der Waals surface area (Å²) in [5.41, 5.74) is 1.72. The number of aryl methyl sites for hydroxylation is 1. The summed E-state index contributed by atoms with van der Waals surface area (Å²) in [5.74, 6) is -0.0265. The van der Waals surface area contributed by atoms with Crippen molar-refractivity contribution in [3.05, 3.63) is 28.8 Å². The first-order chi connectivity index (χ1) is 10.5. The molecule has 0 spiro atoms. The van der Waals surface area contributed by atoms with Gasteiger partial charge in [0.15, 0.2) is 0 Å². The number of nitrogens with zero attached hydrogens (tertiary/aromatic N) is 2. The zero-order chi connectivity index (χ0) is 16.1. The lowest BCUT2D eigenvalue weighted by atomic mass is 10.1. The van der Waals surface area contributed by atoms with Crippen molar-refractivity contribution < 1.29 is 14.3 Å². The lowest BCUT2D eigenvalue weighted by Crippen LogP contribution is -2.42. The Balaban J connectivity index is 2.02. The van der Waals surface area contributed by atoms with Crippen molar-refractivity contribution in [2.24, 2.45) is 0 Å². The van der Waals surface area contributed by atoms with Crippen LogP contribution in [0.4, 0.5) is 5.69 Å². The first-order valence-electron chi connectivity index (χ1n) is 7.39. The third kappa shape index (κ3) is 4.21. The molecule has 1 aromatic carbocycles. The van der Waals surface area contributed by atoms with Crippen LogP contribution in [-0.4, -0.2) is 49.6 Å². The normalized spacial score (nSPS) is 14.8. The molecule has 1 fully saturated rings. The maximum absolute atomic E-state index is 12.2. The number of carbonyl (C=O) groups is 2. The van der Waals surface area contributed by atoms with Crippen LogP contribution in [0.3, 0.4) is 0 Å². The summed E-state index contributed by atoms with van der Waals surface area (Å²) in [6.45, 7) is 6.19. The lowest BCUT2D eigenvalue weighted by molar-refractivity contribution is -0.135. The number of amides is 2. The van der Waals surface area contributed by atoms with Crippen LogP contribution in [0, 0.1) is 6.92 Å². The Morgan fingerprint density at radius 1 is 1.32 bits per heavy atom. The highest BCUT2D eigenvalue weighted by molar-refractivity contribution is 6.30. The van der Waals surface area contributed by atoms with Crippen LogP contribution in [0.5, 0.6) is 0 Å². The van der Waals surface area contributed by atoms with E-state index in [1.165, 1.54) is 6.92 Å². The number of rotatable bonds is 4. The van der Waals surface area contributed by atoms with E-state index < -0.39 is 0 Å². The summed E-state index contributed by atoms with van der Waals surface area (Å²) >= 11 is 5.95. The molecular formula is C16H21ClN2O3. The Labute approximate surface area is 135 Å². The number of carbonyl (C=O) groups excluding carboxylic acids is 2. The number of hydrogen-bond acceptors (Lipinski definition) is 3.